The molecule has 144 valence electrons. The minimum atomic E-state index is -0.122. The second kappa shape index (κ2) is 9.16. The third kappa shape index (κ3) is 5.08. The predicted molar refractivity (Wildman–Crippen MR) is 111 cm³/mol. The Morgan fingerprint density at radius 3 is 2.67 bits per heavy atom. The van der Waals surface area contributed by atoms with Crippen LogP contribution >= 0.6 is 34.8 Å². The lowest BCUT2D eigenvalue weighted by atomic mass is 9.96. The monoisotopic (exact) mass is 426 g/mol. The van der Waals surface area contributed by atoms with Crippen LogP contribution in [0, 0.1) is 5.92 Å². The summed E-state index contributed by atoms with van der Waals surface area (Å²) in [4.78, 5) is 15.0. The minimum Gasteiger partial charge on any atom is -0.495 e. The number of anilines is 1. The molecular formula is C20H21Cl3N2O2. The fourth-order valence-electron chi connectivity index (χ4n) is 3.33. The zero-order valence-corrected chi connectivity index (χ0v) is 17.2. The van der Waals surface area contributed by atoms with Gasteiger partial charge in [-0.1, -0.05) is 40.9 Å². The van der Waals surface area contributed by atoms with Crippen LogP contribution in [0.1, 0.15) is 18.4 Å². The number of rotatable bonds is 5. The van der Waals surface area contributed by atoms with Crippen LogP contribution in [0.5, 0.6) is 5.75 Å². The maximum atomic E-state index is 12.8. The Balaban J connectivity index is 1.67. The molecular weight excluding hydrogens is 407 g/mol. The first-order chi connectivity index (χ1) is 13.0. The predicted octanol–water partition coefficient (Wildman–Crippen LogP) is 5.51. The molecule has 27 heavy (non-hydrogen) atoms. The second-order valence-electron chi connectivity index (χ2n) is 6.61. The van der Waals surface area contributed by atoms with Crippen molar-refractivity contribution in [1.82, 2.24) is 4.90 Å². The van der Waals surface area contributed by atoms with Crippen molar-refractivity contribution in [2.24, 2.45) is 5.92 Å². The third-order valence-corrected chi connectivity index (χ3v) is 5.68. The number of methoxy groups -OCH3 is 1. The molecule has 1 atom stereocenters. The van der Waals surface area contributed by atoms with E-state index in [0.717, 1.165) is 24.9 Å². The van der Waals surface area contributed by atoms with Crippen molar-refractivity contribution in [3.8, 4) is 5.75 Å². The summed E-state index contributed by atoms with van der Waals surface area (Å²) in [7, 11) is 1.56. The van der Waals surface area contributed by atoms with Gasteiger partial charge in [-0.3, -0.25) is 9.69 Å². The van der Waals surface area contributed by atoms with E-state index < -0.39 is 0 Å². The first-order valence-electron chi connectivity index (χ1n) is 8.77. The Kier molecular flexibility index (Phi) is 6.88. The largest absolute Gasteiger partial charge is 0.495 e. The molecule has 1 fully saturated rings. The lowest BCUT2D eigenvalue weighted by Crippen LogP contribution is -2.40. The number of nitrogens with one attached hydrogen (secondary N) is 1. The summed E-state index contributed by atoms with van der Waals surface area (Å²) in [5.74, 6) is 0.428. The van der Waals surface area contributed by atoms with E-state index in [1.807, 2.05) is 18.2 Å². The summed E-state index contributed by atoms with van der Waals surface area (Å²) in [5.41, 5.74) is 1.49. The number of piperidine rings is 1. The van der Waals surface area contributed by atoms with Gasteiger partial charge in [0.2, 0.25) is 5.91 Å². The average molecular weight is 428 g/mol. The van der Waals surface area contributed by atoms with Gasteiger partial charge in [0.05, 0.1) is 18.7 Å². The molecule has 0 radical (unpaired) electrons. The van der Waals surface area contributed by atoms with E-state index in [-0.39, 0.29) is 11.8 Å². The molecule has 0 spiro atoms. The number of amides is 1. The molecule has 0 aliphatic carbocycles. The molecule has 1 amide bonds. The number of hydrogen-bond donors (Lipinski definition) is 1. The summed E-state index contributed by atoms with van der Waals surface area (Å²) in [6.07, 6.45) is 1.77. The number of likely N-dealkylation sites (tertiary alicyclic amines) is 1. The molecule has 1 saturated heterocycles. The van der Waals surface area contributed by atoms with Crippen molar-refractivity contribution < 1.29 is 9.53 Å². The fourth-order valence-corrected chi connectivity index (χ4v) is 4.02. The van der Waals surface area contributed by atoms with E-state index in [2.05, 4.69) is 10.2 Å². The molecule has 2 aromatic carbocycles. The van der Waals surface area contributed by atoms with Crippen LogP contribution in [0.2, 0.25) is 15.1 Å². The highest BCUT2D eigenvalue weighted by atomic mass is 35.5. The Hall–Kier alpha value is -1.46. The summed E-state index contributed by atoms with van der Waals surface area (Å²) in [6, 6.07) is 10.7. The maximum Gasteiger partial charge on any atom is 0.228 e. The van der Waals surface area contributed by atoms with Crippen LogP contribution in [-0.4, -0.2) is 31.0 Å². The summed E-state index contributed by atoms with van der Waals surface area (Å²) >= 11 is 18.6. The smallest absolute Gasteiger partial charge is 0.228 e. The normalized spacial score (nSPS) is 17.6. The highest BCUT2D eigenvalue weighted by Gasteiger charge is 2.27. The third-order valence-electron chi connectivity index (χ3n) is 4.74. The molecule has 0 aromatic heterocycles. The van der Waals surface area contributed by atoms with Gasteiger partial charge in [0, 0.05) is 33.7 Å². The maximum absolute atomic E-state index is 12.8. The van der Waals surface area contributed by atoms with Crippen LogP contribution < -0.4 is 10.1 Å². The Labute approximate surface area is 174 Å². The molecule has 3 rings (SSSR count). The highest BCUT2D eigenvalue weighted by Crippen LogP contribution is 2.30. The van der Waals surface area contributed by atoms with Crippen molar-refractivity contribution in [2.45, 2.75) is 19.4 Å². The first kappa shape index (κ1) is 20.3. The van der Waals surface area contributed by atoms with Gasteiger partial charge in [0.1, 0.15) is 5.75 Å². The van der Waals surface area contributed by atoms with Gasteiger partial charge in [-0.15, -0.1) is 0 Å². The van der Waals surface area contributed by atoms with Crippen molar-refractivity contribution in [2.75, 3.05) is 25.5 Å². The van der Waals surface area contributed by atoms with Crippen molar-refractivity contribution in [1.29, 1.82) is 0 Å². The zero-order valence-electron chi connectivity index (χ0n) is 15.0. The molecule has 1 heterocycles. The molecule has 7 heteroatoms. The number of carbonyl (C=O) groups is 1. The molecule has 1 unspecified atom stereocenters. The minimum absolute atomic E-state index is 0.0366. The second-order valence-corrected chi connectivity index (χ2v) is 7.86. The number of halogens is 3. The van der Waals surface area contributed by atoms with Gasteiger partial charge >= 0.3 is 0 Å². The van der Waals surface area contributed by atoms with E-state index in [1.54, 1.807) is 25.3 Å². The molecule has 1 aliphatic rings. The number of carbonyl (C=O) groups excluding carboxylic acids is 1. The topological polar surface area (TPSA) is 41.6 Å². The van der Waals surface area contributed by atoms with Gasteiger partial charge in [-0.2, -0.15) is 0 Å². The summed E-state index contributed by atoms with van der Waals surface area (Å²) in [6.45, 7) is 2.19. The van der Waals surface area contributed by atoms with Crippen LogP contribution in [-0.2, 0) is 11.3 Å². The molecule has 0 bridgehead atoms. The van der Waals surface area contributed by atoms with E-state index in [9.17, 15) is 4.79 Å². The number of benzene rings is 2. The Bertz CT molecular complexity index is 809. The van der Waals surface area contributed by atoms with Crippen LogP contribution in [0.25, 0.3) is 0 Å². The lowest BCUT2D eigenvalue weighted by Gasteiger charge is -2.32. The first-order valence-corrected chi connectivity index (χ1v) is 9.91. The van der Waals surface area contributed by atoms with Crippen LogP contribution in [0.3, 0.4) is 0 Å². The molecule has 0 saturated carbocycles. The molecule has 2 aromatic rings. The van der Waals surface area contributed by atoms with E-state index in [4.69, 9.17) is 39.5 Å². The standard InChI is InChI=1S/C20H21Cl3N2O2/c1-27-19-8-7-14(21)10-18(19)24-20(26)13-4-3-9-25(11-13)12-15-16(22)5-2-6-17(15)23/h2,5-8,10,13H,3-4,9,11-12H2,1H3,(H,24,26). The molecule has 4 nitrogen and oxygen atoms in total. The van der Waals surface area contributed by atoms with Crippen LogP contribution in [0.4, 0.5) is 5.69 Å². The summed E-state index contributed by atoms with van der Waals surface area (Å²) in [5, 5.41) is 4.80. The van der Waals surface area contributed by atoms with Gasteiger partial charge in [0.25, 0.3) is 0 Å². The summed E-state index contributed by atoms with van der Waals surface area (Å²) < 4.78 is 5.30. The zero-order chi connectivity index (χ0) is 19.4. The van der Waals surface area contributed by atoms with Crippen molar-refractivity contribution >= 4 is 46.4 Å². The van der Waals surface area contributed by atoms with Gasteiger partial charge < -0.3 is 10.1 Å². The number of hydrogen-bond acceptors (Lipinski definition) is 3. The molecule has 1 N–H and O–H groups in total. The van der Waals surface area contributed by atoms with Gasteiger partial charge in [-0.25, -0.2) is 0 Å². The van der Waals surface area contributed by atoms with E-state index >= 15 is 0 Å². The highest BCUT2D eigenvalue weighted by molar-refractivity contribution is 6.36. The fraction of sp³-hybridized carbons (Fsp3) is 0.350. The quantitative estimate of drug-likeness (QED) is 0.684. The van der Waals surface area contributed by atoms with Gasteiger partial charge in [-0.05, 0) is 49.7 Å². The van der Waals surface area contributed by atoms with Crippen LogP contribution in [0.15, 0.2) is 36.4 Å². The Morgan fingerprint density at radius 2 is 1.96 bits per heavy atom. The number of ether oxygens (including phenoxy) is 1. The van der Waals surface area contributed by atoms with E-state index in [0.29, 0.717) is 39.6 Å². The van der Waals surface area contributed by atoms with Crippen molar-refractivity contribution in [3.63, 3.8) is 0 Å². The van der Waals surface area contributed by atoms with Gasteiger partial charge in [0.15, 0.2) is 0 Å². The van der Waals surface area contributed by atoms with E-state index in [1.165, 1.54) is 0 Å². The molecule has 1 aliphatic heterocycles. The average Bonchev–Trinajstić information content (AvgIpc) is 2.65. The number of nitrogens with zero attached hydrogens (tertiary/aromatic N) is 1. The Morgan fingerprint density at radius 1 is 1.22 bits per heavy atom. The lowest BCUT2D eigenvalue weighted by molar-refractivity contribution is -0.121. The SMILES string of the molecule is COc1ccc(Cl)cc1NC(=O)C1CCCN(Cc2c(Cl)cccc2Cl)C1. The van der Waals surface area contributed by atoms with Crippen molar-refractivity contribution in [3.05, 3.63) is 57.0 Å².